The fourth-order valence-corrected chi connectivity index (χ4v) is 1.59. The number of nitrogens with one attached hydrogen (secondary N) is 1. The Morgan fingerprint density at radius 3 is 2.50 bits per heavy atom. The van der Waals surface area contributed by atoms with Gasteiger partial charge >= 0.3 is 5.97 Å². The maximum Gasteiger partial charge on any atom is 0.328 e. The smallest absolute Gasteiger partial charge is 0.328 e. The number of carbonyl (C=O) groups excluding carboxylic acids is 2. The van der Waals surface area contributed by atoms with Crippen LogP contribution in [0.1, 0.15) is 43.5 Å². The number of esters is 1. The Bertz CT molecular complexity index is 445. The second-order valence-electron chi connectivity index (χ2n) is 4.58. The van der Waals surface area contributed by atoms with Crippen LogP contribution in [0.5, 0.6) is 0 Å². The third kappa shape index (κ3) is 5.38. The Kier molecular flexibility index (Phi) is 6.70. The van der Waals surface area contributed by atoms with Crippen molar-refractivity contribution in [1.29, 1.82) is 0 Å². The lowest BCUT2D eigenvalue weighted by atomic mass is 10.2. The summed E-state index contributed by atoms with van der Waals surface area (Å²) in [6.45, 7) is 3.99. The molecular weight excluding hydrogens is 261 g/mol. The Labute approximate surface area is 118 Å². The molecule has 1 aromatic carbocycles. The fourth-order valence-electron chi connectivity index (χ4n) is 1.59. The van der Waals surface area contributed by atoms with Crippen molar-refractivity contribution in [1.82, 2.24) is 5.32 Å². The number of halogens is 1. The van der Waals surface area contributed by atoms with Gasteiger partial charge in [-0.3, -0.25) is 4.79 Å². The highest BCUT2D eigenvalue weighted by atomic mass is 19.1. The molecule has 1 aromatic rings. The Morgan fingerprint density at radius 1 is 1.25 bits per heavy atom. The van der Waals surface area contributed by atoms with Crippen molar-refractivity contribution in [3.63, 3.8) is 0 Å². The molecule has 1 rings (SSSR count). The Hall–Kier alpha value is -1.91. The van der Waals surface area contributed by atoms with E-state index in [1.54, 1.807) is 6.92 Å². The molecule has 0 aliphatic carbocycles. The van der Waals surface area contributed by atoms with Crippen LogP contribution in [0.2, 0.25) is 0 Å². The molecule has 0 aromatic heterocycles. The van der Waals surface area contributed by atoms with Crippen LogP contribution < -0.4 is 5.32 Å². The highest BCUT2D eigenvalue weighted by molar-refractivity contribution is 5.96. The highest BCUT2D eigenvalue weighted by Crippen LogP contribution is 2.03. The molecule has 0 saturated carbocycles. The van der Waals surface area contributed by atoms with Gasteiger partial charge in [-0.2, -0.15) is 0 Å². The number of hydrogen-bond acceptors (Lipinski definition) is 3. The van der Waals surface area contributed by atoms with Gasteiger partial charge in [0.05, 0.1) is 6.61 Å². The molecule has 0 aliphatic heterocycles. The first kappa shape index (κ1) is 16.1. The van der Waals surface area contributed by atoms with Crippen molar-refractivity contribution >= 4 is 11.9 Å². The van der Waals surface area contributed by atoms with Crippen LogP contribution in [0.25, 0.3) is 0 Å². The maximum absolute atomic E-state index is 12.7. The molecule has 110 valence electrons. The van der Waals surface area contributed by atoms with Crippen molar-refractivity contribution in [3.8, 4) is 0 Å². The van der Waals surface area contributed by atoms with Gasteiger partial charge in [-0.1, -0.05) is 19.8 Å². The van der Waals surface area contributed by atoms with Crippen LogP contribution in [-0.2, 0) is 9.53 Å². The van der Waals surface area contributed by atoms with E-state index in [2.05, 4.69) is 12.2 Å². The van der Waals surface area contributed by atoms with Crippen molar-refractivity contribution < 1.29 is 18.7 Å². The Balaban J connectivity index is 2.40. The van der Waals surface area contributed by atoms with Crippen molar-refractivity contribution in [3.05, 3.63) is 35.6 Å². The van der Waals surface area contributed by atoms with Crippen LogP contribution in [0, 0.1) is 5.82 Å². The summed E-state index contributed by atoms with van der Waals surface area (Å²) in [6.07, 6.45) is 2.87. The summed E-state index contributed by atoms with van der Waals surface area (Å²) >= 11 is 0. The lowest BCUT2D eigenvalue weighted by Gasteiger charge is -2.13. The summed E-state index contributed by atoms with van der Waals surface area (Å²) in [5, 5.41) is 2.52. The zero-order valence-corrected chi connectivity index (χ0v) is 11.8. The van der Waals surface area contributed by atoms with E-state index in [1.807, 2.05) is 0 Å². The minimum atomic E-state index is -0.728. The van der Waals surface area contributed by atoms with Crippen LogP contribution in [0.4, 0.5) is 4.39 Å². The summed E-state index contributed by atoms with van der Waals surface area (Å²) in [4.78, 5) is 23.4. The number of hydrogen-bond donors (Lipinski definition) is 1. The van der Waals surface area contributed by atoms with Gasteiger partial charge in [-0.05, 0) is 37.6 Å². The standard InChI is InChI=1S/C15H20FNO3/c1-3-4-5-10-20-15(19)11(2)17-14(18)12-6-8-13(16)9-7-12/h6-9,11H,3-5,10H2,1-2H3,(H,17,18). The molecular formula is C15H20FNO3. The molecule has 0 fully saturated rings. The third-order valence-electron chi connectivity index (χ3n) is 2.80. The number of ether oxygens (including phenoxy) is 1. The molecule has 0 aliphatic rings. The summed E-state index contributed by atoms with van der Waals surface area (Å²) in [5.41, 5.74) is 0.303. The molecule has 1 unspecified atom stereocenters. The van der Waals surface area contributed by atoms with E-state index in [4.69, 9.17) is 4.74 Å². The van der Waals surface area contributed by atoms with E-state index < -0.39 is 23.7 Å². The van der Waals surface area contributed by atoms with E-state index >= 15 is 0 Å². The van der Waals surface area contributed by atoms with Crippen molar-refractivity contribution in [2.24, 2.45) is 0 Å². The van der Waals surface area contributed by atoms with Crippen LogP contribution in [0.15, 0.2) is 24.3 Å². The molecule has 5 heteroatoms. The van der Waals surface area contributed by atoms with Gasteiger partial charge in [0.1, 0.15) is 11.9 Å². The largest absolute Gasteiger partial charge is 0.464 e. The number of rotatable bonds is 7. The lowest BCUT2D eigenvalue weighted by molar-refractivity contribution is -0.145. The molecule has 20 heavy (non-hydrogen) atoms. The zero-order chi connectivity index (χ0) is 15.0. The quantitative estimate of drug-likeness (QED) is 0.617. The van der Waals surface area contributed by atoms with E-state index in [9.17, 15) is 14.0 Å². The van der Waals surface area contributed by atoms with Gasteiger partial charge < -0.3 is 10.1 Å². The van der Waals surface area contributed by atoms with Crippen LogP contribution in [0.3, 0.4) is 0 Å². The second-order valence-corrected chi connectivity index (χ2v) is 4.58. The molecule has 0 heterocycles. The van der Waals surface area contributed by atoms with Crippen molar-refractivity contribution in [2.45, 2.75) is 39.2 Å². The third-order valence-corrected chi connectivity index (χ3v) is 2.80. The van der Waals surface area contributed by atoms with Gasteiger partial charge in [-0.25, -0.2) is 9.18 Å². The molecule has 0 spiro atoms. The van der Waals surface area contributed by atoms with E-state index in [1.165, 1.54) is 24.3 Å². The molecule has 1 amide bonds. The zero-order valence-electron chi connectivity index (χ0n) is 11.8. The summed E-state index contributed by atoms with van der Waals surface area (Å²) in [5.74, 6) is -1.30. The first-order chi connectivity index (χ1) is 9.54. The SMILES string of the molecule is CCCCCOC(=O)C(C)NC(=O)c1ccc(F)cc1. The molecule has 0 saturated heterocycles. The first-order valence-electron chi connectivity index (χ1n) is 6.77. The molecule has 0 radical (unpaired) electrons. The van der Waals surface area contributed by atoms with Gasteiger partial charge in [0.25, 0.3) is 5.91 Å². The summed E-state index contributed by atoms with van der Waals surface area (Å²) in [6, 6.07) is 4.40. The van der Waals surface area contributed by atoms with Gasteiger partial charge in [-0.15, -0.1) is 0 Å². The highest BCUT2D eigenvalue weighted by Gasteiger charge is 2.17. The monoisotopic (exact) mass is 281 g/mol. The first-order valence-corrected chi connectivity index (χ1v) is 6.77. The minimum absolute atomic E-state index is 0.303. The molecule has 1 N–H and O–H groups in total. The van der Waals surface area contributed by atoms with E-state index in [-0.39, 0.29) is 0 Å². The summed E-state index contributed by atoms with van der Waals surface area (Å²) < 4.78 is 17.8. The average molecular weight is 281 g/mol. The molecule has 1 atom stereocenters. The normalized spacial score (nSPS) is 11.8. The summed E-state index contributed by atoms with van der Waals surface area (Å²) in [7, 11) is 0. The number of amides is 1. The molecule has 0 bridgehead atoms. The van der Waals surface area contributed by atoms with Gasteiger partial charge in [0.2, 0.25) is 0 Å². The molecule has 4 nitrogen and oxygen atoms in total. The number of carbonyl (C=O) groups is 2. The fraction of sp³-hybridized carbons (Fsp3) is 0.467. The Morgan fingerprint density at radius 2 is 1.90 bits per heavy atom. The van der Waals surface area contributed by atoms with Crippen molar-refractivity contribution in [2.75, 3.05) is 6.61 Å². The predicted molar refractivity (Wildman–Crippen MR) is 73.8 cm³/mol. The van der Waals surface area contributed by atoms with Crippen LogP contribution >= 0.6 is 0 Å². The minimum Gasteiger partial charge on any atom is -0.464 e. The predicted octanol–water partition coefficient (Wildman–Crippen LogP) is 2.68. The maximum atomic E-state index is 12.7. The van der Waals surface area contributed by atoms with E-state index in [0.29, 0.717) is 12.2 Å². The van der Waals surface area contributed by atoms with Crippen LogP contribution in [-0.4, -0.2) is 24.5 Å². The number of benzene rings is 1. The number of unbranched alkanes of at least 4 members (excludes halogenated alkanes) is 2. The van der Waals surface area contributed by atoms with Gasteiger partial charge in [0, 0.05) is 5.56 Å². The average Bonchev–Trinajstić information content (AvgIpc) is 2.44. The second kappa shape index (κ2) is 8.30. The van der Waals surface area contributed by atoms with Gasteiger partial charge in [0.15, 0.2) is 0 Å². The lowest BCUT2D eigenvalue weighted by Crippen LogP contribution is -2.39. The van der Waals surface area contributed by atoms with E-state index in [0.717, 1.165) is 19.3 Å². The topological polar surface area (TPSA) is 55.4 Å².